The Kier molecular flexibility index (Phi) is 4.02. The highest BCUT2D eigenvalue weighted by Crippen LogP contribution is 2.28. The Morgan fingerprint density at radius 1 is 0.957 bits per heavy atom. The van der Waals surface area contributed by atoms with Crippen LogP contribution in [0.1, 0.15) is 12.0 Å². The first kappa shape index (κ1) is 14.7. The van der Waals surface area contributed by atoms with E-state index in [4.69, 9.17) is 4.74 Å². The average molecular weight is 305 g/mol. The number of likely N-dealkylation sites (N-methyl/N-ethyl adjacent to an activating group) is 1. The van der Waals surface area contributed by atoms with Crippen molar-refractivity contribution in [2.75, 3.05) is 20.3 Å². The molecule has 0 aliphatic carbocycles. The second kappa shape index (κ2) is 6.31. The minimum atomic E-state index is 0.459. The van der Waals surface area contributed by atoms with Crippen molar-refractivity contribution in [1.29, 1.82) is 0 Å². The Hall–Kier alpha value is -1.90. The summed E-state index contributed by atoms with van der Waals surface area (Å²) in [7, 11) is 2.22. The van der Waals surface area contributed by atoms with Gasteiger partial charge in [0.1, 0.15) is 0 Å². The molecule has 0 amide bonds. The fourth-order valence-electron chi connectivity index (χ4n) is 3.68. The van der Waals surface area contributed by atoms with Gasteiger partial charge in [-0.25, -0.2) is 0 Å². The van der Waals surface area contributed by atoms with Crippen LogP contribution in [0.25, 0.3) is 11.1 Å². The van der Waals surface area contributed by atoms with Crippen LogP contribution in [0.5, 0.6) is 0 Å². The highest BCUT2D eigenvalue weighted by Gasteiger charge is 2.31. The molecule has 0 aromatic heterocycles. The van der Waals surface area contributed by atoms with Gasteiger partial charge in [-0.1, -0.05) is 66.2 Å². The van der Waals surface area contributed by atoms with Gasteiger partial charge >= 0.3 is 0 Å². The average Bonchev–Trinajstić information content (AvgIpc) is 2.57. The second-order valence-corrected chi connectivity index (χ2v) is 6.69. The van der Waals surface area contributed by atoms with E-state index in [0.29, 0.717) is 12.1 Å². The van der Waals surface area contributed by atoms with Crippen molar-refractivity contribution in [3.63, 3.8) is 0 Å². The Morgan fingerprint density at radius 3 is 2.43 bits per heavy atom. The number of hydrogen-bond donors (Lipinski definition) is 0. The van der Waals surface area contributed by atoms with Crippen LogP contribution in [-0.4, -0.2) is 37.2 Å². The van der Waals surface area contributed by atoms with Crippen LogP contribution in [-0.2, 0) is 11.2 Å². The molecule has 118 valence electrons. The highest BCUT2D eigenvalue weighted by atomic mass is 16.5. The lowest BCUT2D eigenvalue weighted by molar-refractivity contribution is -0.0260. The minimum absolute atomic E-state index is 0.459. The van der Waals surface area contributed by atoms with Crippen LogP contribution in [0.15, 0.2) is 66.2 Å². The summed E-state index contributed by atoms with van der Waals surface area (Å²) in [6, 6.07) is 20.6. The van der Waals surface area contributed by atoms with E-state index in [-0.39, 0.29) is 0 Å². The largest absolute Gasteiger partial charge is 0.378 e. The summed E-state index contributed by atoms with van der Waals surface area (Å²) in [6.45, 7) is 1.71. The zero-order valence-electron chi connectivity index (χ0n) is 13.6. The van der Waals surface area contributed by atoms with Crippen molar-refractivity contribution in [3.05, 3.63) is 71.8 Å². The maximum Gasteiger partial charge on any atom is 0.0658 e. The van der Waals surface area contributed by atoms with Crippen LogP contribution >= 0.6 is 0 Å². The standard InChI is InChI=1S/C21H23NO/c1-22-20-12-17(13-21(22)15-23-14-20)11-16-7-9-19(10-8-16)18-5-3-2-4-6-18/h2-10,12,20-21H,11,13-15H2,1H3. The first-order valence-electron chi connectivity index (χ1n) is 8.43. The summed E-state index contributed by atoms with van der Waals surface area (Å²) in [6.07, 6.45) is 4.62. The number of fused-ring (bicyclic) bond motifs is 2. The summed E-state index contributed by atoms with van der Waals surface area (Å²) in [5, 5.41) is 0. The Labute approximate surface area is 138 Å². The predicted octanol–water partition coefficient (Wildman–Crippen LogP) is 3.93. The van der Waals surface area contributed by atoms with Crippen LogP contribution in [0.3, 0.4) is 0 Å². The van der Waals surface area contributed by atoms with Gasteiger partial charge in [0.05, 0.1) is 19.3 Å². The van der Waals surface area contributed by atoms with Crippen molar-refractivity contribution in [2.24, 2.45) is 0 Å². The van der Waals surface area contributed by atoms with E-state index in [1.54, 1.807) is 5.57 Å². The summed E-state index contributed by atoms with van der Waals surface area (Å²) in [5.41, 5.74) is 5.54. The quantitative estimate of drug-likeness (QED) is 0.797. The number of nitrogens with zero attached hydrogens (tertiary/aromatic N) is 1. The Bertz CT molecular complexity index is 690. The molecule has 0 spiro atoms. The van der Waals surface area contributed by atoms with Crippen LogP contribution in [0.4, 0.5) is 0 Å². The molecular formula is C21H23NO. The Balaban J connectivity index is 1.49. The zero-order valence-corrected chi connectivity index (χ0v) is 13.6. The molecule has 1 fully saturated rings. The number of ether oxygens (including phenoxy) is 1. The van der Waals surface area contributed by atoms with Gasteiger partial charge in [0.15, 0.2) is 0 Å². The lowest BCUT2D eigenvalue weighted by Crippen LogP contribution is -2.51. The molecule has 2 aromatic rings. The maximum absolute atomic E-state index is 5.68. The summed E-state index contributed by atoms with van der Waals surface area (Å²) in [4.78, 5) is 2.46. The molecular weight excluding hydrogens is 282 g/mol. The van der Waals surface area contributed by atoms with E-state index in [2.05, 4.69) is 72.6 Å². The first-order chi connectivity index (χ1) is 11.3. The summed E-state index contributed by atoms with van der Waals surface area (Å²) >= 11 is 0. The lowest BCUT2D eigenvalue weighted by atomic mass is 9.90. The van der Waals surface area contributed by atoms with Crippen LogP contribution < -0.4 is 0 Å². The maximum atomic E-state index is 5.68. The van der Waals surface area contributed by atoms with Crippen molar-refractivity contribution in [2.45, 2.75) is 24.9 Å². The predicted molar refractivity (Wildman–Crippen MR) is 94.4 cm³/mol. The first-order valence-corrected chi connectivity index (χ1v) is 8.43. The molecule has 2 atom stereocenters. The lowest BCUT2D eigenvalue weighted by Gasteiger charge is -2.42. The van der Waals surface area contributed by atoms with Gasteiger partial charge in [0.25, 0.3) is 0 Å². The summed E-state index contributed by atoms with van der Waals surface area (Å²) in [5.74, 6) is 0. The van der Waals surface area contributed by atoms with Crippen LogP contribution in [0.2, 0.25) is 0 Å². The number of rotatable bonds is 3. The molecule has 2 aromatic carbocycles. The molecule has 0 saturated carbocycles. The normalized spacial score (nSPS) is 24.3. The van der Waals surface area contributed by atoms with Crippen LogP contribution in [0, 0.1) is 0 Å². The molecule has 2 unspecified atom stereocenters. The van der Waals surface area contributed by atoms with Gasteiger partial charge in [-0.3, -0.25) is 4.90 Å². The molecule has 23 heavy (non-hydrogen) atoms. The van der Waals surface area contributed by atoms with E-state index >= 15 is 0 Å². The fraction of sp³-hybridized carbons (Fsp3) is 0.333. The van der Waals surface area contributed by atoms with Gasteiger partial charge in [-0.2, -0.15) is 0 Å². The van der Waals surface area contributed by atoms with E-state index in [0.717, 1.165) is 26.1 Å². The number of hydrogen-bond acceptors (Lipinski definition) is 2. The van der Waals surface area contributed by atoms with Gasteiger partial charge in [0.2, 0.25) is 0 Å². The van der Waals surface area contributed by atoms with E-state index in [1.807, 2.05) is 0 Å². The molecule has 1 saturated heterocycles. The van der Waals surface area contributed by atoms with E-state index in [9.17, 15) is 0 Å². The third kappa shape index (κ3) is 3.10. The Morgan fingerprint density at radius 2 is 1.70 bits per heavy atom. The monoisotopic (exact) mass is 305 g/mol. The highest BCUT2D eigenvalue weighted by molar-refractivity contribution is 5.63. The van der Waals surface area contributed by atoms with Gasteiger partial charge < -0.3 is 4.74 Å². The van der Waals surface area contributed by atoms with E-state index < -0.39 is 0 Å². The van der Waals surface area contributed by atoms with Gasteiger partial charge in [-0.05, 0) is 36.6 Å². The third-order valence-electron chi connectivity index (χ3n) is 5.12. The molecule has 0 radical (unpaired) electrons. The number of morpholine rings is 1. The molecule has 2 bridgehead atoms. The van der Waals surface area contributed by atoms with Crippen molar-refractivity contribution in [1.82, 2.24) is 4.90 Å². The fourth-order valence-corrected chi connectivity index (χ4v) is 3.68. The van der Waals surface area contributed by atoms with Crippen molar-refractivity contribution >= 4 is 0 Å². The van der Waals surface area contributed by atoms with Crippen molar-refractivity contribution < 1.29 is 4.74 Å². The molecule has 2 aliphatic heterocycles. The molecule has 4 rings (SSSR count). The zero-order chi connectivity index (χ0) is 15.6. The SMILES string of the molecule is CN1C2C=C(Cc3ccc(-c4ccccc4)cc3)CC1COC2. The topological polar surface area (TPSA) is 12.5 Å². The van der Waals surface area contributed by atoms with Crippen molar-refractivity contribution in [3.8, 4) is 11.1 Å². The number of benzene rings is 2. The molecule has 0 N–H and O–H groups in total. The molecule has 2 heterocycles. The third-order valence-corrected chi connectivity index (χ3v) is 5.12. The van der Waals surface area contributed by atoms with Gasteiger partial charge in [0, 0.05) is 6.04 Å². The molecule has 2 nitrogen and oxygen atoms in total. The van der Waals surface area contributed by atoms with E-state index in [1.165, 1.54) is 16.7 Å². The minimum Gasteiger partial charge on any atom is -0.378 e. The molecule has 2 aliphatic rings. The second-order valence-electron chi connectivity index (χ2n) is 6.69. The molecule has 2 heteroatoms. The summed E-state index contributed by atoms with van der Waals surface area (Å²) < 4.78 is 5.68. The van der Waals surface area contributed by atoms with Gasteiger partial charge in [-0.15, -0.1) is 0 Å². The smallest absolute Gasteiger partial charge is 0.0658 e.